The molecule has 1 N–H and O–H groups in total. The highest BCUT2D eigenvalue weighted by Gasteiger charge is 2.43. The molecule has 6 rings (SSSR count). The van der Waals surface area contributed by atoms with Crippen molar-refractivity contribution < 1.29 is 8.81 Å². The molecule has 2 aromatic heterocycles. The molecule has 0 bridgehead atoms. The van der Waals surface area contributed by atoms with E-state index in [2.05, 4.69) is 46.1 Å². The molecule has 0 aliphatic carbocycles. The molecule has 8 heteroatoms. The van der Waals surface area contributed by atoms with Gasteiger partial charge in [0.15, 0.2) is 5.11 Å². The van der Waals surface area contributed by atoms with Gasteiger partial charge in [-0.05, 0) is 97.2 Å². The molecular formula is C31H30ClFN4OS. The van der Waals surface area contributed by atoms with Gasteiger partial charge in [-0.3, -0.25) is 4.98 Å². The molecule has 2 saturated heterocycles. The quantitative estimate of drug-likeness (QED) is 0.251. The third-order valence-corrected chi connectivity index (χ3v) is 8.18. The van der Waals surface area contributed by atoms with Gasteiger partial charge in [-0.25, -0.2) is 4.39 Å². The summed E-state index contributed by atoms with van der Waals surface area (Å²) in [4.78, 5) is 9.06. The first-order valence-electron chi connectivity index (χ1n) is 13.3. The highest BCUT2D eigenvalue weighted by molar-refractivity contribution is 7.80. The molecule has 2 fully saturated rings. The second kappa shape index (κ2) is 10.6. The summed E-state index contributed by atoms with van der Waals surface area (Å²) in [6, 6.07) is 21.6. The molecule has 39 heavy (non-hydrogen) atoms. The molecule has 5 nitrogen and oxygen atoms in total. The monoisotopic (exact) mass is 560 g/mol. The first-order valence-corrected chi connectivity index (χ1v) is 14.1. The standard InChI is InChI=1S/C31H30ClFN4OS/c1-19-15-20(2)18-36(17-19)26-11-10-23(16-24(26)32)37-30(29(35-31(37)39)25-5-3-4-14-34-25)28-13-12-27(38-28)21-6-8-22(33)9-7-21/h3-14,16,19-20,29-30H,15,17-18H2,1-2H3,(H,35,39). The second-order valence-corrected chi connectivity index (χ2v) is 11.5. The van der Waals surface area contributed by atoms with Crippen molar-refractivity contribution in [1.29, 1.82) is 0 Å². The molecular weight excluding hydrogens is 531 g/mol. The third kappa shape index (κ3) is 5.13. The minimum absolute atomic E-state index is 0.242. The van der Waals surface area contributed by atoms with Crippen LogP contribution in [0.1, 0.15) is 43.8 Å². The number of nitrogens with one attached hydrogen (secondary N) is 1. The van der Waals surface area contributed by atoms with E-state index < -0.39 is 0 Å². The van der Waals surface area contributed by atoms with E-state index in [4.69, 9.17) is 28.2 Å². The normalized spacial score (nSPS) is 23.2. The molecule has 4 atom stereocenters. The smallest absolute Gasteiger partial charge is 0.174 e. The average molecular weight is 561 g/mol. The summed E-state index contributed by atoms with van der Waals surface area (Å²) in [7, 11) is 0. The molecule has 0 spiro atoms. The van der Waals surface area contributed by atoms with Crippen molar-refractivity contribution in [2.45, 2.75) is 32.4 Å². The van der Waals surface area contributed by atoms with E-state index in [0.717, 1.165) is 41.5 Å². The zero-order chi connectivity index (χ0) is 27.1. The summed E-state index contributed by atoms with van der Waals surface area (Å²) in [6.07, 6.45) is 3.01. The van der Waals surface area contributed by atoms with Crippen LogP contribution in [-0.4, -0.2) is 23.2 Å². The lowest BCUT2D eigenvalue weighted by molar-refractivity contribution is 0.357. The Morgan fingerprint density at radius 1 is 1.00 bits per heavy atom. The van der Waals surface area contributed by atoms with E-state index in [9.17, 15) is 4.39 Å². The van der Waals surface area contributed by atoms with Crippen molar-refractivity contribution in [2.75, 3.05) is 22.9 Å². The number of thiocarbonyl (C=S) groups is 1. The highest BCUT2D eigenvalue weighted by Crippen LogP contribution is 2.44. The molecule has 2 aromatic carbocycles. The number of halogens is 2. The van der Waals surface area contributed by atoms with Crippen LogP contribution in [0.15, 0.2) is 83.4 Å². The summed E-state index contributed by atoms with van der Waals surface area (Å²) < 4.78 is 19.9. The maximum atomic E-state index is 13.5. The minimum atomic E-state index is -0.307. The molecule has 4 unspecified atom stereocenters. The zero-order valence-electron chi connectivity index (χ0n) is 21.9. The second-order valence-electron chi connectivity index (χ2n) is 10.7. The van der Waals surface area contributed by atoms with E-state index in [-0.39, 0.29) is 17.9 Å². The summed E-state index contributed by atoms with van der Waals surface area (Å²) in [5.41, 5.74) is 3.58. The molecule has 0 amide bonds. The van der Waals surface area contributed by atoms with E-state index in [1.54, 1.807) is 18.3 Å². The first-order chi connectivity index (χ1) is 18.9. The van der Waals surface area contributed by atoms with Crippen LogP contribution in [0.2, 0.25) is 5.02 Å². The molecule has 0 saturated carbocycles. The number of anilines is 2. The highest BCUT2D eigenvalue weighted by atomic mass is 35.5. The lowest BCUT2D eigenvalue weighted by Gasteiger charge is -2.37. The Balaban J connectivity index is 1.38. The van der Waals surface area contributed by atoms with Gasteiger partial charge >= 0.3 is 0 Å². The van der Waals surface area contributed by atoms with Gasteiger partial charge in [0, 0.05) is 30.5 Å². The average Bonchev–Trinajstić information content (AvgIpc) is 3.53. The Labute approximate surface area is 238 Å². The third-order valence-electron chi connectivity index (χ3n) is 7.56. The maximum Gasteiger partial charge on any atom is 0.174 e. The lowest BCUT2D eigenvalue weighted by Crippen LogP contribution is -2.38. The van der Waals surface area contributed by atoms with E-state index in [1.165, 1.54) is 18.6 Å². The molecule has 4 heterocycles. The van der Waals surface area contributed by atoms with Crippen molar-refractivity contribution in [1.82, 2.24) is 10.3 Å². The number of furan rings is 1. The number of benzene rings is 2. The lowest BCUT2D eigenvalue weighted by atomic mass is 9.91. The fourth-order valence-corrected chi connectivity index (χ4v) is 6.60. The molecule has 2 aliphatic rings. The number of rotatable bonds is 5. The Morgan fingerprint density at radius 2 is 1.77 bits per heavy atom. The van der Waals surface area contributed by atoms with Crippen molar-refractivity contribution in [3.8, 4) is 11.3 Å². The van der Waals surface area contributed by atoms with Gasteiger partial charge in [0.25, 0.3) is 0 Å². The number of pyridine rings is 1. The zero-order valence-corrected chi connectivity index (χ0v) is 23.4. The minimum Gasteiger partial charge on any atom is -0.459 e. The summed E-state index contributed by atoms with van der Waals surface area (Å²) in [6.45, 7) is 6.59. The predicted molar refractivity (Wildman–Crippen MR) is 159 cm³/mol. The summed E-state index contributed by atoms with van der Waals surface area (Å²) >= 11 is 12.8. The maximum absolute atomic E-state index is 13.5. The van der Waals surface area contributed by atoms with Gasteiger partial charge in [0.05, 0.1) is 22.4 Å². The number of nitrogens with zero attached hydrogens (tertiary/aromatic N) is 3. The van der Waals surface area contributed by atoms with Gasteiger partial charge in [0.1, 0.15) is 23.4 Å². The van der Waals surface area contributed by atoms with Gasteiger partial charge in [0.2, 0.25) is 0 Å². The number of hydrogen-bond acceptors (Lipinski definition) is 4. The molecule has 4 aromatic rings. The Bertz CT molecular complexity index is 1470. The summed E-state index contributed by atoms with van der Waals surface area (Å²) in [5, 5.41) is 4.73. The van der Waals surface area contributed by atoms with Crippen molar-refractivity contribution >= 4 is 40.3 Å². The van der Waals surface area contributed by atoms with E-state index in [0.29, 0.717) is 27.7 Å². The van der Waals surface area contributed by atoms with Gasteiger partial charge in [-0.2, -0.15) is 0 Å². The Kier molecular flexibility index (Phi) is 7.04. The SMILES string of the molecule is CC1CC(C)CN(c2ccc(N3C(=S)NC(c4ccccn4)C3c3ccc(-c4ccc(F)cc4)o3)cc2Cl)C1. The van der Waals surface area contributed by atoms with E-state index in [1.807, 2.05) is 36.4 Å². The van der Waals surface area contributed by atoms with Crippen LogP contribution in [0.3, 0.4) is 0 Å². The van der Waals surface area contributed by atoms with E-state index >= 15 is 0 Å². The number of aromatic nitrogens is 1. The topological polar surface area (TPSA) is 44.5 Å². The first kappa shape index (κ1) is 25.8. The van der Waals surface area contributed by atoms with Crippen LogP contribution in [0.25, 0.3) is 11.3 Å². The van der Waals surface area contributed by atoms with Crippen LogP contribution in [0.4, 0.5) is 15.8 Å². The van der Waals surface area contributed by atoms with Crippen LogP contribution < -0.4 is 15.1 Å². The van der Waals surface area contributed by atoms with Gasteiger partial charge < -0.3 is 19.5 Å². The van der Waals surface area contributed by atoms with Crippen LogP contribution in [0.5, 0.6) is 0 Å². The van der Waals surface area contributed by atoms with Crippen molar-refractivity contribution in [3.05, 3.63) is 101 Å². The predicted octanol–water partition coefficient (Wildman–Crippen LogP) is 7.79. The molecule has 200 valence electrons. The largest absolute Gasteiger partial charge is 0.459 e. The van der Waals surface area contributed by atoms with Crippen molar-refractivity contribution in [3.63, 3.8) is 0 Å². The van der Waals surface area contributed by atoms with Crippen LogP contribution in [-0.2, 0) is 0 Å². The molecule has 0 radical (unpaired) electrons. The Hall–Kier alpha value is -3.42. The van der Waals surface area contributed by atoms with Gasteiger partial charge in [-0.15, -0.1) is 0 Å². The van der Waals surface area contributed by atoms with Crippen LogP contribution >= 0.6 is 23.8 Å². The van der Waals surface area contributed by atoms with Gasteiger partial charge in [-0.1, -0.05) is 31.5 Å². The fourth-order valence-electron chi connectivity index (χ4n) is 5.96. The number of piperidine rings is 1. The number of hydrogen-bond donors (Lipinski definition) is 1. The van der Waals surface area contributed by atoms with Crippen LogP contribution in [0, 0.1) is 17.7 Å². The summed E-state index contributed by atoms with van der Waals surface area (Å²) in [5.74, 6) is 2.33. The molecule has 2 aliphatic heterocycles. The fraction of sp³-hybridized carbons (Fsp3) is 0.290. The van der Waals surface area contributed by atoms with Crippen molar-refractivity contribution in [2.24, 2.45) is 11.8 Å². The Morgan fingerprint density at radius 3 is 2.46 bits per heavy atom.